The maximum atomic E-state index is 12.9. The van der Waals surface area contributed by atoms with Gasteiger partial charge in [-0.05, 0) is 51.4 Å². The minimum Gasteiger partial charge on any atom is -0.468 e. The lowest BCUT2D eigenvalue weighted by atomic mass is 10.1. The second kappa shape index (κ2) is 7.27. The molecule has 4 heterocycles. The Kier molecular flexibility index (Phi) is 5.01. The molecule has 3 atom stereocenters. The van der Waals surface area contributed by atoms with Crippen molar-refractivity contribution in [3.63, 3.8) is 0 Å². The number of rotatable bonds is 5. The van der Waals surface area contributed by atoms with Crippen LogP contribution in [0, 0.1) is 0 Å². The Morgan fingerprint density at radius 3 is 2.96 bits per heavy atom. The van der Waals surface area contributed by atoms with Crippen LogP contribution in [0.3, 0.4) is 0 Å². The number of likely N-dealkylation sites (tertiary alicyclic amines) is 1. The van der Waals surface area contributed by atoms with E-state index in [1.54, 1.807) is 18.0 Å². The Balaban J connectivity index is 1.42. The number of fused-ring (bicyclic) bond motifs is 1. The highest BCUT2D eigenvalue weighted by Gasteiger charge is 2.52. The van der Waals surface area contributed by atoms with Gasteiger partial charge in [-0.25, -0.2) is 0 Å². The molecule has 7 heteroatoms. The smallest absolute Gasteiger partial charge is 0.243 e. The normalized spacial score (nSPS) is 30.4. The second-order valence-corrected chi connectivity index (χ2v) is 9.14. The molecular formula is C19H27N3O3S. The van der Waals surface area contributed by atoms with E-state index >= 15 is 0 Å². The molecule has 1 N–H and O–H groups in total. The van der Waals surface area contributed by atoms with E-state index in [9.17, 15) is 9.59 Å². The number of nitrogens with zero attached hydrogens (tertiary/aromatic N) is 2. The van der Waals surface area contributed by atoms with Gasteiger partial charge in [0.15, 0.2) is 0 Å². The fourth-order valence-electron chi connectivity index (χ4n) is 4.45. The summed E-state index contributed by atoms with van der Waals surface area (Å²) >= 11 is 1.73. The summed E-state index contributed by atoms with van der Waals surface area (Å²) in [6, 6.07) is 3.59. The minimum atomic E-state index is -0.349. The first-order chi connectivity index (χ1) is 12.6. The number of carbonyl (C=O) groups is 2. The van der Waals surface area contributed by atoms with Crippen molar-refractivity contribution in [2.75, 3.05) is 25.4 Å². The van der Waals surface area contributed by atoms with Gasteiger partial charge < -0.3 is 14.6 Å². The Bertz CT molecular complexity index is 659. The van der Waals surface area contributed by atoms with Gasteiger partial charge in [0, 0.05) is 18.7 Å². The number of piperidine rings is 1. The van der Waals surface area contributed by atoms with Gasteiger partial charge in [0.2, 0.25) is 11.8 Å². The van der Waals surface area contributed by atoms with Gasteiger partial charge in [-0.1, -0.05) is 6.42 Å². The molecule has 0 bridgehead atoms. The monoisotopic (exact) mass is 377 g/mol. The number of thioether (sulfide) groups is 1. The summed E-state index contributed by atoms with van der Waals surface area (Å²) in [6.45, 7) is 4.66. The third-order valence-corrected chi connectivity index (χ3v) is 7.43. The van der Waals surface area contributed by atoms with Gasteiger partial charge in [-0.15, -0.1) is 11.8 Å². The number of furan rings is 1. The predicted octanol–water partition coefficient (Wildman–Crippen LogP) is 2.38. The highest BCUT2D eigenvalue weighted by Crippen LogP contribution is 2.47. The number of hydrogen-bond acceptors (Lipinski definition) is 5. The zero-order valence-electron chi connectivity index (χ0n) is 15.3. The Labute approximate surface area is 158 Å². The number of carbonyl (C=O) groups excluding carboxylic acids is 2. The van der Waals surface area contributed by atoms with Crippen LogP contribution in [0.2, 0.25) is 0 Å². The molecule has 1 aromatic heterocycles. The fourth-order valence-corrected chi connectivity index (χ4v) is 5.88. The molecule has 6 nitrogen and oxygen atoms in total. The quantitative estimate of drug-likeness (QED) is 0.853. The van der Waals surface area contributed by atoms with E-state index in [4.69, 9.17) is 4.42 Å². The van der Waals surface area contributed by atoms with Crippen LogP contribution < -0.4 is 5.32 Å². The topological polar surface area (TPSA) is 65.8 Å². The SMILES string of the molecule is C[C@]12CCC(=O)N1[C@@H](C(=O)NC[C@@H](c1ccco1)N1CCCCC1)CS2. The zero-order chi connectivity index (χ0) is 18.1. The van der Waals surface area contributed by atoms with Crippen LogP contribution in [0.25, 0.3) is 0 Å². The molecule has 142 valence electrons. The molecule has 0 saturated carbocycles. The average Bonchev–Trinajstić information content (AvgIpc) is 3.35. The lowest BCUT2D eigenvalue weighted by Crippen LogP contribution is -2.51. The first-order valence-electron chi connectivity index (χ1n) is 9.60. The van der Waals surface area contributed by atoms with Crippen LogP contribution in [0.1, 0.15) is 50.8 Å². The summed E-state index contributed by atoms with van der Waals surface area (Å²) in [6.07, 6.45) is 6.72. The summed E-state index contributed by atoms with van der Waals surface area (Å²) in [7, 11) is 0. The summed E-state index contributed by atoms with van der Waals surface area (Å²) in [5, 5.41) is 3.11. The number of hydrogen-bond donors (Lipinski definition) is 1. The van der Waals surface area contributed by atoms with Crippen LogP contribution in [0.4, 0.5) is 0 Å². The van der Waals surface area contributed by atoms with E-state index in [0.29, 0.717) is 18.7 Å². The highest BCUT2D eigenvalue weighted by molar-refractivity contribution is 8.01. The Morgan fingerprint density at radius 1 is 1.42 bits per heavy atom. The highest BCUT2D eigenvalue weighted by atomic mass is 32.2. The molecule has 3 fully saturated rings. The van der Waals surface area contributed by atoms with E-state index in [1.165, 1.54) is 19.3 Å². The third kappa shape index (κ3) is 3.27. The Morgan fingerprint density at radius 2 is 2.23 bits per heavy atom. The fraction of sp³-hybridized carbons (Fsp3) is 0.684. The van der Waals surface area contributed by atoms with Crippen LogP contribution in [-0.2, 0) is 9.59 Å². The number of nitrogens with one attached hydrogen (secondary N) is 1. The maximum absolute atomic E-state index is 12.9. The molecule has 2 amide bonds. The standard InChI is InChI=1S/C19H27N3O3S/c1-19-8-7-17(23)22(19)15(13-26-19)18(24)20-12-14(16-6-5-11-25-16)21-9-3-2-4-10-21/h5-6,11,14-15H,2-4,7-10,12-13H2,1H3,(H,20,24)/t14-,15+,19-/m0/s1. The van der Waals surface area contributed by atoms with Crippen molar-refractivity contribution < 1.29 is 14.0 Å². The molecule has 4 rings (SSSR count). The molecule has 0 aliphatic carbocycles. The van der Waals surface area contributed by atoms with Crippen molar-refractivity contribution in [1.82, 2.24) is 15.1 Å². The number of amides is 2. The molecular weight excluding hydrogens is 350 g/mol. The average molecular weight is 378 g/mol. The molecule has 3 aliphatic rings. The summed E-state index contributed by atoms with van der Waals surface area (Å²) in [5.74, 6) is 1.65. The first kappa shape index (κ1) is 17.9. The molecule has 26 heavy (non-hydrogen) atoms. The van der Waals surface area contributed by atoms with Crippen molar-refractivity contribution in [2.45, 2.75) is 56.0 Å². The van der Waals surface area contributed by atoms with Crippen LogP contribution >= 0.6 is 11.8 Å². The van der Waals surface area contributed by atoms with E-state index in [-0.39, 0.29) is 28.8 Å². The molecule has 0 radical (unpaired) electrons. The van der Waals surface area contributed by atoms with E-state index in [1.807, 2.05) is 17.0 Å². The van der Waals surface area contributed by atoms with Crippen LogP contribution in [0.5, 0.6) is 0 Å². The molecule has 3 saturated heterocycles. The maximum Gasteiger partial charge on any atom is 0.243 e. The van der Waals surface area contributed by atoms with Crippen molar-refractivity contribution in [3.05, 3.63) is 24.2 Å². The third-order valence-electron chi connectivity index (χ3n) is 5.92. The zero-order valence-corrected chi connectivity index (χ0v) is 16.1. The van der Waals surface area contributed by atoms with Gasteiger partial charge in [-0.3, -0.25) is 14.5 Å². The molecule has 0 spiro atoms. The van der Waals surface area contributed by atoms with Gasteiger partial charge in [-0.2, -0.15) is 0 Å². The molecule has 0 aromatic carbocycles. The van der Waals surface area contributed by atoms with Crippen molar-refractivity contribution in [3.8, 4) is 0 Å². The summed E-state index contributed by atoms with van der Waals surface area (Å²) in [5.41, 5.74) is 0. The van der Waals surface area contributed by atoms with Crippen LogP contribution in [-0.4, -0.2) is 57.9 Å². The minimum absolute atomic E-state index is 0.0370. The van der Waals surface area contributed by atoms with Crippen molar-refractivity contribution in [1.29, 1.82) is 0 Å². The molecule has 3 aliphatic heterocycles. The summed E-state index contributed by atoms with van der Waals surface area (Å²) in [4.78, 5) is 29.1. The van der Waals surface area contributed by atoms with Crippen molar-refractivity contribution in [2.24, 2.45) is 0 Å². The largest absolute Gasteiger partial charge is 0.468 e. The van der Waals surface area contributed by atoms with E-state index in [0.717, 1.165) is 25.3 Å². The van der Waals surface area contributed by atoms with Crippen molar-refractivity contribution >= 4 is 23.6 Å². The summed E-state index contributed by atoms with van der Waals surface area (Å²) < 4.78 is 5.65. The lowest BCUT2D eigenvalue weighted by Gasteiger charge is -2.34. The first-order valence-corrected chi connectivity index (χ1v) is 10.6. The Hall–Kier alpha value is -1.47. The predicted molar refractivity (Wildman–Crippen MR) is 101 cm³/mol. The van der Waals surface area contributed by atoms with Crippen LogP contribution in [0.15, 0.2) is 22.8 Å². The molecule has 1 aromatic rings. The van der Waals surface area contributed by atoms with Gasteiger partial charge in [0.25, 0.3) is 0 Å². The van der Waals surface area contributed by atoms with E-state index in [2.05, 4.69) is 17.1 Å². The van der Waals surface area contributed by atoms with Gasteiger partial charge in [0.05, 0.1) is 17.2 Å². The molecule has 0 unspecified atom stereocenters. The van der Waals surface area contributed by atoms with E-state index < -0.39 is 0 Å². The van der Waals surface area contributed by atoms with Gasteiger partial charge in [0.1, 0.15) is 11.8 Å². The second-order valence-electron chi connectivity index (χ2n) is 7.64. The van der Waals surface area contributed by atoms with Gasteiger partial charge >= 0.3 is 0 Å². The lowest BCUT2D eigenvalue weighted by molar-refractivity contribution is -0.138.